The summed E-state index contributed by atoms with van der Waals surface area (Å²) in [6.45, 7) is 8.53. The van der Waals surface area contributed by atoms with Crippen LogP contribution >= 0.6 is 0 Å². The van der Waals surface area contributed by atoms with Crippen LogP contribution in [-0.4, -0.2) is 47.5 Å². The minimum Gasteiger partial charge on any atom is -0.457 e. The van der Waals surface area contributed by atoms with Crippen LogP contribution < -0.4 is 14.5 Å². The van der Waals surface area contributed by atoms with Crippen LogP contribution in [0.25, 0.3) is 44.4 Å². The number of benzene rings is 4. The number of aryl methyl sites for hydroxylation is 4. The van der Waals surface area contributed by atoms with Crippen LogP contribution in [0, 0.1) is 27.7 Å². The molecule has 0 spiro atoms. The third kappa shape index (κ3) is 5.37. The van der Waals surface area contributed by atoms with Gasteiger partial charge in [0.2, 0.25) is 0 Å². The van der Waals surface area contributed by atoms with Crippen molar-refractivity contribution >= 4 is 33.2 Å². The lowest BCUT2D eigenvalue weighted by atomic mass is 9.96. The van der Waals surface area contributed by atoms with Gasteiger partial charge in [0.05, 0.1) is 22.9 Å². The lowest BCUT2D eigenvalue weighted by molar-refractivity contribution is 0.482. The molecule has 236 valence electrons. The predicted octanol–water partition coefficient (Wildman–Crippen LogP) is 9.19. The summed E-state index contributed by atoms with van der Waals surface area (Å²) in [5.74, 6) is 2.40. The zero-order chi connectivity index (χ0) is 33.0. The topological polar surface area (TPSA) is 51.4 Å². The number of hydrogen-bond donors (Lipinski definition) is 0. The molecule has 0 saturated carbocycles. The van der Waals surface area contributed by atoms with E-state index < -0.39 is 0 Å². The summed E-state index contributed by atoms with van der Waals surface area (Å²) in [5, 5.41) is 7.19. The molecule has 0 aliphatic heterocycles. The van der Waals surface area contributed by atoms with Gasteiger partial charge in [-0.25, -0.2) is 9.67 Å². The number of hydrogen-bond acceptors (Lipinski definition) is 5. The predicted molar refractivity (Wildman–Crippen MR) is 195 cm³/mol. The highest BCUT2D eigenvalue weighted by atomic mass is 16.5. The van der Waals surface area contributed by atoms with E-state index in [1.54, 1.807) is 0 Å². The van der Waals surface area contributed by atoms with Gasteiger partial charge in [-0.05, 0) is 92.4 Å². The van der Waals surface area contributed by atoms with E-state index in [1.165, 1.54) is 33.5 Å². The molecule has 0 bridgehead atoms. The Labute approximate surface area is 276 Å². The highest BCUT2D eigenvalue weighted by Gasteiger charge is 2.21. The molecule has 3 heterocycles. The summed E-state index contributed by atoms with van der Waals surface area (Å²) in [7, 11) is 8.40. The van der Waals surface area contributed by atoms with Crippen molar-refractivity contribution < 1.29 is 4.74 Å². The molecule has 7 aromatic rings. The van der Waals surface area contributed by atoms with E-state index in [1.807, 2.05) is 35.3 Å². The second-order valence-electron chi connectivity index (χ2n) is 12.9. The van der Waals surface area contributed by atoms with Gasteiger partial charge in [0, 0.05) is 86.0 Å². The van der Waals surface area contributed by atoms with Crippen LogP contribution in [0.1, 0.15) is 22.3 Å². The molecule has 7 nitrogen and oxygen atoms in total. The maximum Gasteiger partial charge on any atom is 0.137 e. The van der Waals surface area contributed by atoms with Gasteiger partial charge in [0.25, 0.3) is 0 Å². The van der Waals surface area contributed by atoms with Crippen LogP contribution in [0.2, 0.25) is 0 Å². The van der Waals surface area contributed by atoms with Gasteiger partial charge in [-0.1, -0.05) is 24.3 Å². The van der Waals surface area contributed by atoms with Gasteiger partial charge in [-0.3, -0.25) is 4.57 Å². The summed E-state index contributed by atoms with van der Waals surface area (Å²) in [5.41, 5.74) is 12.5. The number of aromatic nitrogens is 4. The SMILES string of the molecule is Cc1cc(Oc2ccc3c4ccccc4n(-c4cc(C)ccn4)c3c2)cc(-n2cc(-c3c(N(C)C)c(C)cc(C)c3N(C)C)cn2)c1. The largest absolute Gasteiger partial charge is 0.457 e. The van der Waals surface area contributed by atoms with Gasteiger partial charge >= 0.3 is 0 Å². The van der Waals surface area contributed by atoms with Gasteiger partial charge < -0.3 is 14.5 Å². The average molecular weight is 621 g/mol. The number of para-hydroxylation sites is 1. The Balaban J connectivity index is 1.29. The first-order valence-corrected chi connectivity index (χ1v) is 15.9. The minimum atomic E-state index is 0.752. The Morgan fingerprint density at radius 1 is 0.660 bits per heavy atom. The minimum absolute atomic E-state index is 0.752. The second-order valence-corrected chi connectivity index (χ2v) is 12.9. The highest BCUT2D eigenvalue weighted by Crippen LogP contribution is 2.43. The number of ether oxygens (including phenoxy) is 1. The fourth-order valence-corrected chi connectivity index (χ4v) is 6.95. The van der Waals surface area contributed by atoms with Gasteiger partial charge in [-0.15, -0.1) is 0 Å². The Morgan fingerprint density at radius 3 is 2.11 bits per heavy atom. The first-order chi connectivity index (χ1) is 22.6. The summed E-state index contributed by atoms with van der Waals surface area (Å²) in [6.07, 6.45) is 5.94. The fraction of sp³-hybridized carbons (Fsp3) is 0.200. The van der Waals surface area contributed by atoms with Crippen molar-refractivity contribution in [3.63, 3.8) is 0 Å². The number of anilines is 2. The standard InChI is InChI=1S/C40H40N6O/c1-25-15-16-41-37(19-25)46-35-12-10-9-11-33(35)34-14-13-31(22-36(34)46)47-32-18-26(2)17-30(21-32)45-24-29(23-42-45)38-39(43(5)6)27(3)20-28(4)40(38)44(7)8/h9-24H,1-8H3. The third-order valence-electron chi connectivity index (χ3n) is 8.73. The molecule has 0 saturated heterocycles. The lowest BCUT2D eigenvalue weighted by Crippen LogP contribution is -2.17. The van der Waals surface area contributed by atoms with Crippen LogP contribution in [0.4, 0.5) is 11.4 Å². The molecule has 3 aromatic heterocycles. The van der Waals surface area contributed by atoms with Crippen molar-refractivity contribution in [3.05, 3.63) is 120 Å². The molecule has 0 radical (unpaired) electrons. The molecule has 4 aromatic carbocycles. The summed E-state index contributed by atoms with van der Waals surface area (Å²) < 4.78 is 10.7. The number of nitrogens with zero attached hydrogens (tertiary/aromatic N) is 6. The van der Waals surface area contributed by atoms with E-state index >= 15 is 0 Å². The Hall–Kier alpha value is -5.56. The van der Waals surface area contributed by atoms with Crippen molar-refractivity contribution in [1.29, 1.82) is 0 Å². The van der Waals surface area contributed by atoms with Crippen LogP contribution in [-0.2, 0) is 0 Å². The molecule has 47 heavy (non-hydrogen) atoms. The average Bonchev–Trinajstić information content (AvgIpc) is 3.63. The Bertz CT molecular complexity index is 2260. The van der Waals surface area contributed by atoms with Crippen molar-refractivity contribution in [2.75, 3.05) is 38.0 Å². The lowest BCUT2D eigenvalue weighted by Gasteiger charge is -2.27. The normalized spacial score (nSPS) is 11.4. The molecular weight excluding hydrogens is 580 g/mol. The zero-order valence-electron chi connectivity index (χ0n) is 28.3. The molecule has 0 atom stereocenters. The van der Waals surface area contributed by atoms with Crippen molar-refractivity contribution in [2.45, 2.75) is 27.7 Å². The van der Waals surface area contributed by atoms with E-state index in [0.29, 0.717) is 0 Å². The van der Waals surface area contributed by atoms with Crippen LogP contribution in [0.15, 0.2) is 97.5 Å². The second kappa shape index (κ2) is 11.7. The quantitative estimate of drug-likeness (QED) is 0.178. The Kier molecular flexibility index (Phi) is 7.47. The maximum absolute atomic E-state index is 6.58. The van der Waals surface area contributed by atoms with E-state index in [0.717, 1.165) is 56.1 Å². The fourth-order valence-electron chi connectivity index (χ4n) is 6.95. The summed E-state index contributed by atoms with van der Waals surface area (Å²) >= 11 is 0. The maximum atomic E-state index is 6.58. The molecule has 7 rings (SSSR count). The summed E-state index contributed by atoms with van der Waals surface area (Å²) in [6, 6.07) is 27.4. The van der Waals surface area contributed by atoms with Crippen LogP contribution in [0.5, 0.6) is 11.5 Å². The molecule has 0 fully saturated rings. The number of rotatable bonds is 7. The molecule has 0 aliphatic rings. The highest BCUT2D eigenvalue weighted by molar-refractivity contribution is 6.09. The van der Waals surface area contributed by atoms with E-state index in [9.17, 15) is 0 Å². The summed E-state index contributed by atoms with van der Waals surface area (Å²) in [4.78, 5) is 9.11. The van der Waals surface area contributed by atoms with Gasteiger partial charge in [0.15, 0.2) is 0 Å². The van der Waals surface area contributed by atoms with E-state index in [4.69, 9.17) is 14.8 Å². The van der Waals surface area contributed by atoms with Crippen molar-refractivity contribution in [1.82, 2.24) is 19.3 Å². The molecule has 0 N–H and O–H groups in total. The Morgan fingerprint density at radius 2 is 1.38 bits per heavy atom. The van der Waals surface area contributed by atoms with Crippen molar-refractivity contribution in [2.24, 2.45) is 0 Å². The molecule has 0 amide bonds. The number of fused-ring (bicyclic) bond motifs is 3. The van der Waals surface area contributed by atoms with Crippen molar-refractivity contribution in [3.8, 4) is 34.1 Å². The number of pyridine rings is 1. The molecule has 0 aliphatic carbocycles. The monoisotopic (exact) mass is 620 g/mol. The van der Waals surface area contributed by atoms with E-state index in [-0.39, 0.29) is 0 Å². The zero-order valence-corrected chi connectivity index (χ0v) is 28.3. The van der Waals surface area contributed by atoms with Crippen LogP contribution in [0.3, 0.4) is 0 Å². The molecule has 0 unspecified atom stereocenters. The van der Waals surface area contributed by atoms with Gasteiger partial charge in [-0.2, -0.15) is 5.10 Å². The first kappa shape index (κ1) is 30.1. The van der Waals surface area contributed by atoms with E-state index in [2.05, 4.69) is 137 Å². The molecular formula is C40H40N6O. The molecule has 7 heteroatoms. The first-order valence-electron chi connectivity index (χ1n) is 15.9. The smallest absolute Gasteiger partial charge is 0.137 e. The third-order valence-corrected chi connectivity index (χ3v) is 8.73. The van der Waals surface area contributed by atoms with Gasteiger partial charge in [0.1, 0.15) is 17.3 Å².